The number of carbonyl (C=O) groups excluding carboxylic acids is 1. The van der Waals surface area contributed by atoms with Gasteiger partial charge in [0.2, 0.25) is 0 Å². The number of H-pyrrole nitrogens is 1. The zero-order chi connectivity index (χ0) is 17.4. The summed E-state index contributed by atoms with van der Waals surface area (Å²) in [6, 6.07) is 13.3. The fraction of sp³-hybridized carbons (Fsp3) is 0.286. The Bertz CT molecular complexity index is 942. The zero-order valence-corrected chi connectivity index (χ0v) is 14.6. The number of aromatic amines is 1. The van der Waals surface area contributed by atoms with E-state index in [9.17, 15) is 4.79 Å². The number of aromatic nitrogens is 1. The number of hydrogen-bond acceptors (Lipinski definition) is 2. The molecule has 4 nitrogen and oxygen atoms in total. The van der Waals surface area contributed by atoms with Crippen molar-refractivity contribution in [2.24, 2.45) is 5.92 Å². The summed E-state index contributed by atoms with van der Waals surface area (Å²) in [5.41, 5.74) is 5.24. The molecule has 1 amide bonds. The minimum Gasteiger partial charge on any atom is -0.497 e. The second-order valence-corrected chi connectivity index (χ2v) is 6.88. The quantitative estimate of drug-likeness (QED) is 0.738. The molecule has 0 saturated heterocycles. The van der Waals surface area contributed by atoms with Crippen molar-refractivity contribution >= 4 is 22.5 Å². The van der Waals surface area contributed by atoms with Gasteiger partial charge in [-0.3, -0.25) is 4.79 Å². The largest absolute Gasteiger partial charge is 0.497 e. The third-order valence-corrected chi connectivity index (χ3v) is 5.02. The molecule has 1 aliphatic rings. The van der Waals surface area contributed by atoms with Crippen LogP contribution in [0.2, 0.25) is 0 Å². The van der Waals surface area contributed by atoms with Gasteiger partial charge >= 0.3 is 0 Å². The standard InChI is InChI=1S/C21H22N2O2/c1-13-6-8-19-17(10-13)18-11-14(7-9-20(18)23-19)21(24)22-15-4-3-5-16(12-15)25-2/h3-5,7,9,11-13,23H,6,8,10H2,1-2H3,(H,22,24). The van der Waals surface area contributed by atoms with E-state index in [0.717, 1.165) is 29.8 Å². The number of rotatable bonds is 3. The number of fused-ring (bicyclic) bond motifs is 3. The van der Waals surface area contributed by atoms with Gasteiger partial charge in [-0.2, -0.15) is 0 Å². The summed E-state index contributed by atoms with van der Waals surface area (Å²) in [4.78, 5) is 16.2. The van der Waals surface area contributed by atoms with E-state index in [1.165, 1.54) is 23.1 Å². The third-order valence-electron chi connectivity index (χ3n) is 5.02. The van der Waals surface area contributed by atoms with Crippen molar-refractivity contribution in [2.75, 3.05) is 12.4 Å². The Kier molecular flexibility index (Phi) is 3.96. The molecule has 3 aromatic rings. The number of methoxy groups -OCH3 is 1. The molecule has 128 valence electrons. The van der Waals surface area contributed by atoms with Crippen LogP contribution >= 0.6 is 0 Å². The highest BCUT2D eigenvalue weighted by Gasteiger charge is 2.20. The number of carbonyl (C=O) groups is 1. The summed E-state index contributed by atoms with van der Waals surface area (Å²) < 4.78 is 5.21. The van der Waals surface area contributed by atoms with Crippen LogP contribution in [0.15, 0.2) is 42.5 Å². The van der Waals surface area contributed by atoms with E-state index in [1.54, 1.807) is 7.11 Å². The number of hydrogen-bond donors (Lipinski definition) is 2. The SMILES string of the molecule is COc1cccc(NC(=O)c2ccc3[nH]c4c(c3c2)CC(C)CC4)c1. The van der Waals surface area contributed by atoms with Crippen molar-refractivity contribution in [1.29, 1.82) is 0 Å². The highest BCUT2D eigenvalue weighted by molar-refractivity contribution is 6.06. The van der Waals surface area contributed by atoms with E-state index in [4.69, 9.17) is 4.74 Å². The van der Waals surface area contributed by atoms with Crippen molar-refractivity contribution in [3.05, 3.63) is 59.3 Å². The number of anilines is 1. The topological polar surface area (TPSA) is 54.1 Å². The first-order valence-electron chi connectivity index (χ1n) is 8.73. The van der Waals surface area contributed by atoms with Gasteiger partial charge in [0.25, 0.3) is 5.91 Å². The predicted octanol–water partition coefficient (Wildman–Crippen LogP) is 4.55. The van der Waals surface area contributed by atoms with Gasteiger partial charge in [0.1, 0.15) is 5.75 Å². The highest BCUT2D eigenvalue weighted by Crippen LogP contribution is 2.32. The smallest absolute Gasteiger partial charge is 0.255 e. The molecule has 1 aliphatic carbocycles. The molecule has 4 heteroatoms. The van der Waals surface area contributed by atoms with E-state index < -0.39 is 0 Å². The first kappa shape index (κ1) is 15.8. The summed E-state index contributed by atoms with van der Waals surface area (Å²) in [6.07, 6.45) is 3.40. The molecule has 0 aliphatic heterocycles. The molecular weight excluding hydrogens is 312 g/mol. The summed E-state index contributed by atoms with van der Waals surface area (Å²) in [5, 5.41) is 4.13. The monoisotopic (exact) mass is 334 g/mol. The molecule has 1 unspecified atom stereocenters. The van der Waals surface area contributed by atoms with Crippen LogP contribution in [0.25, 0.3) is 10.9 Å². The first-order chi connectivity index (χ1) is 12.1. The molecular formula is C21H22N2O2. The second kappa shape index (κ2) is 6.28. The molecule has 1 atom stereocenters. The molecule has 2 aromatic carbocycles. The number of aryl methyl sites for hydroxylation is 1. The van der Waals surface area contributed by atoms with Crippen LogP contribution in [0.3, 0.4) is 0 Å². The lowest BCUT2D eigenvalue weighted by molar-refractivity contribution is 0.102. The lowest BCUT2D eigenvalue weighted by Gasteiger charge is -2.18. The van der Waals surface area contributed by atoms with Gasteiger partial charge in [-0.1, -0.05) is 13.0 Å². The van der Waals surface area contributed by atoms with Crippen molar-refractivity contribution in [3.8, 4) is 5.75 Å². The van der Waals surface area contributed by atoms with E-state index >= 15 is 0 Å². The molecule has 0 spiro atoms. The summed E-state index contributed by atoms with van der Waals surface area (Å²) in [6.45, 7) is 2.29. The van der Waals surface area contributed by atoms with Gasteiger partial charge < -0.3 is 15.0 Å². The van der Waals surface area contributed by atoms with Crippen LogP contribution in [0.4, 0.5) is 5.69 Å². The van der Waals surface area contributed by atoms with Gasteiger partial charge in [-0.25, -0.2) is 0 Å². The Morgan fingerprint density at radius 1 is 1.24 bits per heavy atom. The third kappa shape index (κ3) is 3.00. The molecule has 1 aromatic heterocycles. The number of nitrogens with one attached hydrogen (secondary N) is 2. The summed E-state index contributed by atoms with van der Waals surface area (Å²) in [7, 11) is 1.62. The molecule has 1 heterocycles. The van der Waals surface area contributed by atoms with Gasteiger partial charge in [0, 0.05) is 33.9 Å². The average molecular weight is 334 g/mol. The fourth-order valence-electron chi connectivity index (χ4n) is 3.64. The van der Waals surface area contributed by atoms with Crippen LogP contribution in [0.1, 0.15) is 35.0 Å². The Morgan fingerprint density at radius 2 is 2.12 bits per heavy atom. The normalized spacial score (nSPS) is 16.5. The van der Waals surface area contributed by atoms with E-state index in [-0.39, 0.29) is 5.91 Å². The Balaban J connectivity index is 1.64. The lowest BCUT2D eigenvalue weighted by atomic mass is 9.87. The minimum absolute atomic E-state index is 0.103. The molecule has 0 saturated carbocycles. The first-order valence-corrected chi connectivity index (χ1v) is 8.73. The zero-order valence-electron chi connectivity index (χ0n) is 14.6. The second-order valence-electron chi connectivity index (χ2n) is 6.88. The fourth-order valence-corrected chi connectivity index (χ4v) is 3.64. The number of amides is 1. The van der Waals surface area contributed by atoms with E-state index in [0.29, 0.717) is 11.5 Å². The predicted molar refractivity (Wildman–Crippen MR) is 100 cm³/mol. The van der Waals surface area contributed by atoms with Crippen molar-refractivity contribution < 1.29 is 9.53 Å². The maximum Gasteiger partial charge on any atom is 0.255 e. The van der Waals surface area contributed by atoms with Crippen molar-refractivity contribution in [3.63, 3.8) is 0 Å². The van der Waals surface area contributed by atoms with Crippen molar-refractivity contribution in [1.82, 2.24) is 4.98 Å². The van der Waals surface area contributed by atoms with Gasteiger partial charge in [-0.05, 0) is 61.1 Å². The summed E-state index contributed by atoms with van der Waals surface area (Å²) >= 11 is 0. The van der Waals surface area contributed by atoms with E-state index in [2.05, 4.69) is 17.2 Å². The van der Waals surface area contributed by atoms with Gasteiger partial charge in [0.05, 0.1) is 7.11 Å². The average Bonchev–Trinajstić information content (AvgIpc) is 2.99. The van der Waals surface area contributed by atoms with Crippen molar-refractivity contribution in [2.45, 2.75) is 26.2 Å². The highest BCUT2D eigenvalue weighted by atomic mass is 16.5. The number of benzene rings is 2. The maximum atomic E-state index is 12.6. The Morgan fingerprint density at radius 3 is 2.96 bits per heavy atom. The molecule has 0 radical (unpaired) electrons. The number of ether oxygens (including phenoxy) is 1. The molecule has 25 heavy (non-hydrogen) atoms. The lowest BCUT2D eigenvalue weighted by Crippen LogP contribution is -2.12. The minimum atomic E-state index is -0.103. The van der Waals surface area contributed by atoms with Crippen LogP contribution in [-0.2, 0) is 12.8 Å². The molecule has 2 N–H and O–H groups in total. The van der Waals surface area contributed by atoms with Crippen LogP contribution in [0, 0.1) is 5.92 Å². The Hall–Kier alpha value is -2.75. The Labute approximate surface area is 147 Å². The molecule has 0 bridgehead atoms. The van der Waals surface area contributed by atoms with E-state index in [1.807, 2.05) is 42.5 Å². The van der Waals surface area contributed by atoms with Gasteiger partial charge in [0.15, 0.2) is 0 Å². The molecule has 0 fully saturated rings. The van der Waals surface area contributed by atoms with Crippen LogP contribution in [0.5, 0.6) is 5.75 Å². The van der Waals surface area contributed by atoms with Crippen LogP contribution < -0.4 is 10.1 Å². The van der Waals surface area contributed by atoms with Crippen LogP contribution in [-0.4, -0.2) is 18.0 Å². The summed E-state index contributed by atoms with van der Waals surface area (Å²) in [5.74, 6) is 1.32. The van der Waals surface area contributed by atoms with Gasteiger partial charge in [-0.15, -0.1) is 0 Å². The maximum absolute atomic E-state index is 12.6. The molecule has 4 rings (SSSR count).